The van der Waals surface area contributed by atoms with Crippen molar-refractivity contribution in [2.45, 2.75) is 0 Å². The zero-order valence-corrected chi connectivity index (χ0v) is 32.2. The lowest BCUT2D eigenvalue weighted by Crippen LogP contribution is -2.10. The first-order chi connectivity index (χ1) is 28.8. The molecule has 58 heavy (non-hydrogen) atoms. The van der Waals surface area contributed by atoms with Gasteiger partial charge in [0.2, 0.25) is 0 Å². The van der Waals surface area contributed by atoms with Gasteiger partial charge in [-0.25, -0.2) is 0 Å². The van der Waals surface area contributed by atoms with E-state index in [1.165, 1.54) is 69.9 Å². The Kier molecular flexibility index (Phi) is 7.40. The molecule has 0 unspecified atom stereocenters. The van der Waals surface area contributed by atoms with Gasteiger partial charge in [0, 0.05) is 58.7 Å². The van der Waals surface area contributed by atoms with Crippen molar-refractivity contribution in [1.82, 2.24) is 4.57 Å². The first kappa shape index (κ1) is 32.8. The molecule has 0 aliphatic heterocycles. The highest BCUT2D eigenvalue weighted by molar-refractivity contribution is 7.26. The predicted octanol–water partition coefficient (Wildman–Crippen LogP) is 15.9. The summed E-state index contributed by atoms with van der Waals surface area (Å²) in [5.41, 5.74) is 13.4. The largest absolute Gasteiger partial charge is 0.456 e. The standard InChI is InChI=1S/C54H34N2OS/c1-6-17-46(56-47-18-7-2-13-41(47)42-14-3-8-19-48(42)56)40(12-1)37-26-24-35(25-27-37)36-28-30-38(31-29-36)55(39-32-33-51-45(34-39)43-15-4-9-21-50(43)57-51)49-20-11-23-53-54(49)44-16-5-10-22-52(44)58-53/h1-34H. The van der Waals surface area contributed by atoms with Gasteiger partial charge >= 0.3 is 0 Å². The summed E-state index contributed by atoms with van der Waals surface area (Å²) in [5.74, 6) is 0. The summed E-state index contributed by atoms with van der Waals surface area (Å²) in [5, 5.41) is 7.30. The third kappa shape index (κ3) is 5.12. The molecule has 272 valence electrons. The van der Waals surface area contributed by atoms with Gasteiger partial charge in [0.1, 0.15) is 11.2 Å². The maximum atomic E-state index is 6.26. The Hall–Kier alpha value is -7.40. The normalized spacial score (nSPS) is 11.8. The van der Waals surface area contributed by atoms with Crippen molar-refractivity contribution in [2.75, 3.05) is 4.90 Å². The molecule has 0 N–H and O–H groups in total. The molecule has 0 aliphatic carbocycles. The van der Waals surface area contributed by atoms with Gasteiger partial charge in [-0.15, -0.1) is 11.3 Å². The third-order valence-electron chi connectivity index (χ3n) is 11.6. The molecule has 0 bridgehead atoms. The molecule has 0 fully saturated rings. The minimum absolute atomic E-state index is 0.889. The maximum absolute atomic E-state index is 6.26. The second-order valence-corrected chi connectivity index (χ2v) is 16.0. The van der Waals surface area contributed by atoms with Gasteiger partial charge in [0.25, 0.3) is 0 Å². The fourth-order valence-electron chi connectivity index (χ4n) is 8.96. The van der Waals surface area contributed by atoms with E-state index in [9.17, 15) is 0 Å². The number of hydrogen-bond acceptors (Lipinski definition) is 3. The molecule has 0 aliphatic rings. The van der Waals surface area contributed by atoms with Crippen molar-refractivity contribution >= 4 is 92.3 Å². The lowest BCUT2D eigenvalue weighted by atomic mass is 9.98. The van der Waals surface area contributed by atoms with Crippen molar-refractivity contribution in [3.05, 3.63) is 206 Å². The van der Waals surface area contributed by atoms with E-state index in [4.69, 9.17) is 4.42 Å². The minimum Gasteiger partial charge on any atom is -0.456 e. The van der Waals surface area contributed by atoms with Crippen LogP contribution in [-0.4, -0.2) is 4.57 Å². The number of rotatable bonds is 6. The fourth-order valence-corrected chi connectivity index (χ4v) is 10.1. The van der Waals surface area contributed by atoms with Crippen molar-refractivity contribution in [2.24, 2.45) is 0 Å². The van der Waals surface area contributed by atoms with Crippen molar-refractivity contribution in [1.29, 1.82) is 0 Å². The lowest BCUT2D eigenvalue weighted by molar-refractivity contribution is 0.669. The van der Waals surface area contributed by atoms with E-state index in [2.05, 4.69) is 204 Å². The molecule has 12 aromatic rings. The van der Waals surface area contributed by atoms with Gasteiger partial charge < -0.3 is 13.9 Å². The Morgan fingerprint density at radius 2 is 0.966 bits per heavy atom. The van der Waals surface area contributed by atoms with E-state index in [-0.39, 0.29) is 0 Å². The smallest absolute Gasteiger partial charge is 0.135 e. The number of anilines is 3. The number of hydrogen-bond donors (Lipinski definition) is 0. The van der Waals surface area contributed by atoms with E-state index < -0.39 is 0 Å². The summed E-state index contributed by atoms with van der Waals surface area (Å²) in [6.45, 7) is 0. The highest BCUT2D eigenvalue weighted by Gasteiger charge is 2.20. The fraction of sp³-hybridized carbons (Fsp3) is 0. The summed E-state index contributed by atoms with van der Waals surface area (Å²) in [6.07, 6.45) is 0. The number of fused-ring (bicyclic) bond motifs is 9. The summed E-state index contributed by atoms with van der Waals surface area (Å²) in [7, 11) is 0. The zero-order chi connectivity index (χ0) is 38.2. The number of furan rings is 1. The van der Waals surface area contributed by atoms with Gasteiger partial charge in [0.15, 0.2) is 0 Å². The van der Waals surface area contributed by atoms with Crippen molar-refractivity contribution in [3.63, 3.8) is 0 Å². The molecule has 4 heteroatoms. The topological polar surface area (TPSA) is 21.3 Å². The van der Waals surface area contributed by atoms with Crippen LogP contribution in [-0.2, 0) is 0 Å². The molecule has 9 aromatic carbocycles. The number of thiophene rings is 1. The predicted molar refractivity (Wildman–Crippen MR) is 247 cm³/mol. The van der Waals surface area contributed by atoms with Gasteiger partial charge in [-0.1, -0.05) is 133 Å². The van der Waals surface area contributed by atoms with Crippen LogP contribution in [0.4, 0.5) is 17.1 Å². The number of nitrogens with zero attached hydrogens (tertiary/aromatic N) is 2. The molecule has 3 nitrogen and oxygen atoms in total. The number of benzene rings is 9. The Balaban J connectivity index is 0.950. The summed E-state index contributed by atoms with van der Waals surface area (Å²) < 4.78 is 11.2. The molecule has 0 saturated heterocycles. The molecular formula is C54H34N2OS. The Bertz CT molecular complexity index is 3460. The molecule has 0 amide bonds. The van der Waals surface area contributed by atoms with Crippen LogP contribution in [0.25, 0.3) is 91.9 Å². The van der Waals surface area contributed by atoms with E-state index in [0.29, 0.717) is 0 Å². The molecule has 3 heterocycles. The van der Waals surface area contributed by atoms with Gasteiger partial charge in [-0.05, 0) is 89.5 Å². The molecule has 0 saturated carbocycles. The van der Waals surface area contributed by atoms with Crippen LogP contribution in [0.1, 0.15) is 0 Å². The molecule has 0 atom stereocenters. The highest BCUT2D eigenvalue weighted by atomic mass is 32.1. The van der Waals surface area contributed by atoms with Gasteiger partial charge in [0.05, 0.1) is 22.4 Å². The monoisotopic (exact) mass is 758 g/mol. The van der Waals surface area contributed by atoms with Crippen LogP contribution in [0.2, 0.25) is 0 Å². The Morgan fingerprint density at radius 1 is 0.397 bits per heavy atom. The van der Waals surface area contributed by atoms with E-state index in [1.807, 2.05) is 23.5 Å². The van der Waals surface area contributed by atoms with E-state index >= 15 is 0 Å². The second-order valence-electron chi connectivity index (χ2n) is 14.9. The van der Waals surface area contributed by atoms with Crippen LogP contribution < -0.4 is 4.90 Å². The molecule has 3 aromatic heterocycles. The Labute approximate surface area is 338 Å². The average molecular weight is 759 g/mol. The average Bonchev–Trinajstić information content (AvgIpc) is 3.97. The van der Waals surface area contributed by atoms with Gasteiger partial charge in [-0.3, -0.25) is 0 Å². The molecular weight excluding hydrogens is 725 g/mol. The van der Waals surface area contributed by atoms with Crippen LogP contribution in [0.3, 0.4) is 0 Å². The maximum Gasteiger partial charge on any atom is 0.135 e. The quantitative estimate of drug-likeness (QED) is 0.168. The van der Waals surface area contributed by atoms with Crippen molar-refractivity contribution in [3.8, 4) is 27.9 Å². The third-order valence-corrected chi connectivity index (χ3v) is 12.8. The summed E-state index contributed by atoms with van der Waals surface area (Å²) >= 11 is 1.85. The first-order valence-electron chi connectivity index (χ1n) is 19.7. The van der Waals surface area contributed by atoms with Crippen LogP contribution in [0, 0.1) is 0 Å². The second kappa shape index (κ2) is 13.1. The van der Waals surface area contributed by atoms with E-state index in [1.54, 1.807) is 0 Å². The van der Waals surface area contributed by atoms with Crippen molar-refractivity contribution < 1.29 is 4.42 Å². The highest BCUT2D eigenvalue weighted by Crippen LogP contribution is 2.46. The molecule has 0 radical (unpaired) electrons. The van der Waals surface area contributed by atoms with Crippen LogP contribution in [0.15, 0.2) is 211 Å². The number of aromatic nitrogens is 1. The Morgan fingerprint density at radius 3 is 1.74 bits per heavy atom. The summed E-state index contributed by atoms with van der Waals surface area (Å²) in [6, 6.07) is 74.5. The zero-order valence-electron chi connectivity index (χ0n) is 31.3. The molecule has 0 spiro atoms. The lowest BCUT2D eigenvalue weighted by Gasteiger charge is -2.27. The minimum atomic E-state index is 0.889. The van der Waals surface area contributed by atoms with Crippen LogP contribution >= 0.6 is 11.3 Å². The summed E-state index contributed by atoms with van der Waals surface area (Å²) in [4.78, 5) is 2.40. The van der Waals surface area contributed by atoms with E-state index in [0.717, 1.165) is 39.0 Å². The van der Waals surface area contributed by atoms with Crippen LogP contribution in [0.5, 0.6) is 0 Å². The van der Waals surface area contributed by atoms with Gasteiger partial charge in [-0.2, -0.15) is 0 Å². The SMILES string of the molecule is c1ccc(-n2c3ccccc3c3ccccc32)c(-c2ccc(-c3ccc(N(c4ccc5oc6ccccc6c5c4)c4cccc5sc6ccccc6c45)cc3)cc2)c1. The first-order valence-corrected chi connectivity index (χ1v) is 20.5. The number of para-hydroxylation sites is 4. The molecule has 12 rings (SSSR count).